The van der Waals surface area contributed by atoms with Crippen molar-refractivity contribution in [3.63, 3.8) is 0 Å². The zero-order valence-electron chi connectivity index (χ0n) is 24.8. The Balaban J connectivity index is 1.70. The largest absolute Gasteiger partial charge is 0.456 e. The molecule has 3 heterocycles. The van der Waals surface area contributed by atoms with Crippen LogP contribution in [0.2, 0.25) is 0 Å². The van der Waals surface area contributed by atoms with E-state index in [0.29, 0.717) is 35.7 Å². The minimum Gasteiger partial charge on any atom is -0.456 e. The van der Waals surface area contributed by atoms with Crippen LogP contribution in [-0.4, -0.2) is 50.8 Å². The highest BCUT2D eigenvalue weighted by molar-refractivity contribution is 8.13. The number of cyclic esters (lactones) is 1. The third kappa shape index (κ3) is 11.0. The number of allylic oxidation sites excluding steroid dienone is 1. The molecule has 0 fully saturated rings. The normalized spacial score (nSPS) is 18.0. The number of ether oxygens (including phenoxy) is 1. The Morgan fingerprint density at radius 3 is 2.50 bits per heavy atom. The van der Waals surface area contributed by atoms with E-state index in [0.717, 1.165) is 12.8 Å². The molecule has 0 saturated carbocycles. The molecule has 1 aliphatic heterocycles. The maximum atomic E-state index is 13.2. The van der Waals surface area contributed by atoms with Crippen molar-refractivity contribution in [1.82, 2.24) is 20.6 Å². The van der Waals surface area contributed by atoms with E-state index in [9.17, 15) is 19.2 Å². The van der Waals surface area contributed by atoms with Crippen LogP contribution in [0.25, 0.3) is 11.4 Å². The average molecular weight is 595 g/mol. The number of nitrogens with zero attached hydrogens (tertiary/aromatic N) is 2. The van der Waals surface area contributed by atoms with Gasteiger partial charge in [0.05, 0.1) is 30.0 Å². The van der Waals surface area contributed by atoms with Crippen molar-refractivity contribution in [2.75, 3.05) is 5.75 Å². The molecule has 226 valence electrons. The molecule has 0 aromatic carbocycles. The van der Waals surface area contributed by atoms with Crippen LogP contribution < -0.4 is 10.6 Å². The number of esters is 1. The van der Waals surface area contributed by atoms with Gasteiger partial charge in [-0.3, -0.25) is 14.4 Å². The van der Waals surface area contributed by atoms with Gasteiger partial charge in [-0.05, 0) is 49.1 Å². The smallest absolute Gasteiger partial charge is 0.329 e. The molecule has 2 aromatic rings. The third-order valence-corrected chi connectivity index (χ3v) is 7.73. The summed E-state index contributed by atoms with van der Waals surface area (Å²) in [6.45, 7) is 5.96. The number of amides is 2. The summed E-state index contributed by atoms with van der Waals surface area (Å²) in [6, 6.07) is 9.49. The molecule has 0 radical (unpaired) electrons. The number of rotatable bonds is 11. The highest BCUT2D eigenvalue weighted by Gasteiger charge is 2.29. The van der Waals surface area contributed by atoms with Crippen molar-refractivity contribution in [2.24, 2.45) is 5.92 Å². The fourth-order valence-corrected chi connectivity index (χ4v) is 5.16. The van der Waals surface area contributed by atoms with Gasteiger partial charge < -0.3 is 15.4 Å². The van der Waals surface area contributed by atoms with Gasteiger partial charge in [-0.1, -0.05) is 76.4 Å². The van der Waals surface area contributed by atoms with Gasteiger partial charge in [-0.15, -0.1) is 0 Å². The van der Waals surface area contributed by atoms with Crippen LogP contribution in [0.3, 0.4) is 0 Å². The lowest BCUT2D eigenvalue weighted by Crippen LogP contribution is -2.46. The Kier molecular flexibility index (Phi) is 13.7. The van der Waals surface area contributed by atoms with E-state index in [1.54, 1.807) is 50.3 Å². The summed E-state index contributed by atoms with van der Waals surface area (Å²) in [4.78, 5) is 60.4. The summed E-state index contributed by atoms with van der Waals surface area (Å²) in [5.41, 5.74) is 1.85. The fraction of sp³-hybridized carbons (Fsp3) is 0.500. The molecule has 2 aromatic heterocycles. The number of pyridine rings is 2. The second kappa shape index (κ2) is 17.4. The first-order valence-corrected chi connectivity index (χ1v) is 15.8. The van der Waals surface area contributed by atoms with Gasteiger partial charge in [0, 0.05) is 12.2 Å². The van der Waals surface area contributed by atoms with E-state index in [2.05, 4.69) is 27.5 Å². The predicted molar refractivity (Wildman–Crippen MR) is 165 cm³/mol. The Morgan fingerprint density at radius 2 is 1.74 bits per heavy atom. The number of fused-ring (bicyclic) bond motifs is 5. The molecule has 4 bridgehead atoms. The van der Waals surface area contributed by atoms with Crippen LogP contribution in [0.4, 0.5) is 0 Å². The number of nitrogens with one attached hydrogen (secondary N) is 2. The lowest BCUT2D eigenvalue weighted by atomic mass is 10.0. The Morgan fingerprint density at radius 1 is 1.02 bits per heavy atom. The molecule has 0 spiro atoms. The Labute approximate surface area is 252 Å². The summed E-state index contributed by atoms with van der Waals surface area (Å²) in [6.07, 6.45) is 9.29. The van der Waals surface area contributed by atoms with E-state index < -0.39 is 24.0 Å². The van der Waals surface area contributed by atoms with Gasteiger partial charge in [-0.25, -0.2) is 14.8 Å². The minimum absolute atomic E-state index is 0.0921. The summed E-state index contributed by atoms with van der Waals surface area (Å²) >= 11 is 1.31. The van der Waals surface area contributed by atoms with Crippen molar-refractivity contribution in [3.05, 3.63) is 59.9 Å². The molecule has 3 rings (SSSR count). The van der Waals surface area contributed by atoms with Crippen LogP contribution >= 0.6 is 11.8 Å². The molecule has 0 aliphatic carbocycles. The second-order valence-electron chi connectivity index (χ2n) is 10.7. The van der Waals surface area contributed by atoms with Crippen molar-refractivity contribution in [3.8, 4) is 11.4 Å². The Hall–Kier alpha value is -3.53. The van der Waals surface area contributed by atoms with Gasteiger partial charge in [0.1, 0.15) is 17.8 Å². The van der Waals surface area contributed by atoms with Gasteiger partial charge in [0.25, 0.3) is 5.91 Å². The molecule has 2 amide bonds. The molecular formula is C32H42N4O5S. The zero-order chi connectivity index (χ0) is 30.3. The highest BCUT2D eigenvalue weighted by Crippen LogP contribution is 2.18. The SMILES string of the molecule is CCCCCCCC(=O)SCC/C=C\[C@@H]1CC(=O)NCc2cccc(n2)-c2cccc(n2)C(=O)NC(C(C)C)C(=O)O1. The summed E-state index contributed by atoms with van der Waals surface area (Å²) in [7, 11) is 0. The zero-order valence-corrected chi connectivity index (χ0v) is 25.6. The summed E-state index contributed by atoms with van der Waals surface area (Å²) in [5.74, 6) is -1.12. The maximum Gasteiger partial charge on any atom is 0.329 e. The lowest BCUT2D eigenvalue weighted by molar-refractivity contribution is -0.151. The van der Waals surface area contributed by atoms with Crippen LogP contribution in [0.15, 0.2) is 48.6 Å². The molecule has 2 N–H and O–H groups in total. The molecular weight excluding hydrogens is 552 g/mol. The van der Waals surface area contributed by atoms with E-state index in [-0.39, 0.29) is 35.6 Å². The molecule has 10 heteroatoms. The highest BCUT2D eigenvalue weighted by atomic mass is 32.2. The minimum atomic E-state index is -0.943. The number of unbranched alkanes of at least 4 members (excludes halogenated alkanes) is 4. The van der Waals surface area contributed by atoms with Crippen molar-refractivity contribution in [2.45, 2.75) is 90.8 Å². The number of carbonyl (C=O) groups excluding carboxylic acids is 4. The number of carbonyl (C=O) groups is 4. The van der Waals surface area contributed by atoms with E-state index in [1.165, 1.54) is 31.0 Å². The Bertz CT molecular complexity index is 1250. The first kappa shape index (κ1) is 33.0. The first-order chi connectivity index (χ1) is 20.3. The van der Waals surface area contributed by atoms with Crippen LogP contribution in [0.5, 0.6) is 0 Å². The van der Waals surface area contributed by atoms with E-state index in [4.69, 9.17) is 4.74 Å². The topological polar surface area (TPSA) is 127 Å². The summed E-state index contributed by atoms with van der Waals surface area (Å²) in [5, 5.41) is 5.78. The van der Waals surface area contributed by atoms with E-state index >= 15 is 0 Å². The third-order valence-electron chi connectivity index (χ3n) is 6.76. The molecule has 0 saturated heterocycles. The standard InChI is InChI=1S/C32H42N4O5S/c1-4-5-6-7-8-18-29(38)42-19-10-9-14-24-20-28(37)33-21-23-13-11-15-25(34-23)26-16-12-17-27(35-26)31(39)36-30(22(2)3)32(40)41-24/h9,11-17,22,24,30H,4-8,10,18-21H2,1-3H3,(H,33,37)(H,36,39)/b14-9-/t24-,30?/m1/s1. The quantitative estimate of drug-likeness (QED) is 0.201. The molecule has 2 atom stereocenters. The molecule has 9 nitrogen and oxygen atoms in total. The fourth-order valence-electron chi connectivity index (χ4n) is 4.39. The summed E-state index contributed by atoms with van der Waals surface area (Å²) < 4.78 is 5.74. The predicted octanol–water partition coefficient (Wildman–Crippen LogP) is 5.40. The first-order valence-electron chi connectivity index (χ1n) is 14.8. The molecule has 1 unspecified atom stereocenters. The molecule has 42 heavy (non-hydrogen) atoms. The monoisotopic (exact) mass is 594 g/mol. The molecule has 1 aliphatic rings. The van der Waals surface area contributed by atoms with Gasteiger partial charge in [0.15, 0.2) is 5.12 Å². The van der Waals surface area contributed by atoms with Crippen molar-refractivity contribution in [1.29, 1.82) is 0 Å². The number of hydrogen-bond donors (Lipinski definition) is 2. The lowest BCUT2D eigenvalue weighted by Gasteiger charge is -2.23. The number of thioether (sulfide) groups is 1. The van der Waals surface area contributed by atoms with E-state index in [1.807, 2.05) is 12.1 Å². The van der Waals surface area contributed by atoms with Crippen LogP contribution in [-0.2, 0) is 25.7 Å². The average Bonchev–Trinajstić information content (AvgIpc) is 2.98. The second-order valence-corrected chi connectivity index (χ2v) is 11.8. The van der Waals surface area contributed by atoms with Gasteiger partial charge >= 0.3 is 5.97 Å². The van der Waals surface area contributed by atoms with Crippen LogP contribution in [0, 0.1) is 5.92 Å². The van der Waals surface area contributed by atoms with Gasteiger partial charge in [0.2, 0.25) is 5.91 Å². The van der Waals surface area contributed by atoms with Crippen molar-refractivity contribution >= 4 is 34.7 Å². The van der Waals surface area contributed by atoms with Crippen molar-refractivity contribution < 1.29 is 23.9 Å². The number of aromatic nitrogens is 2. The van der Waals surface area contributed by atoms with Gasteiger partial charge in [-0.2, -0.15) is 0 Å². The van der Waals surface area contributed by atoms with Crippen LogP contribution in [0.1, 0.15) is 88.3 Å². The number of hydrogen-bond acceptors (Lipinski definition) is 8. The maximum absolute atomic E-state index is 13.2.